The van der Waals surface area contributed by atoms with E-state index >= 15 is 0 Å². The fraction of sp³-hybridized carbons (Fsp3) is 0.0156. The molecule has 0 radical (unpaired) electrons. The Kier molecular flexibility index (Phi) is 17.4. The van der Waals surface area contributed by atoms with E-state index in [1.54, 1.807) is 0 Å². The van der Waals surface area contributed by atoms with Crippen molar-refractivity contribution in [1.82, 2.24) is 29.9 Å². The molecule has 620 valence electrons. The maximum atomic E-state index is 5.49. The lowest BCUT2D eigenvalue weighted by molar-refractivity contribution is 0.769. The lowest BCUT2D eigenvalue weighted by Gasteiger charge is -2.34. The second kappa shape index (κ2) is 30.5. The molecule has 0 saturated heterocycles. The normalized spacial score (nSPS) is 12.9. The third-order valence-electron chi connectivity index (χ3n) is 28.8. The van der Waals surface area contributed by atoms with E-state index in [2.05, 4.69) is 442 Å². The summed E-state index contributed by atoms with van der Waals surface area (Å²) in [5.74, 6) is 0. The van der Waals surface area contributed by atoms with Crippen LogP contribution in [-0.2, 0) is 10.8 Å². The average molecular weight is 1700 g/mol. The Morgan fingerprint density at radius 2 is 0.530 bits per heavy atom. The van der Waals surface area contributed by atoms with Crippen LogP contribution in [0.3, 0.4) is 0 Å². The highest BCUT2D eigenvalue weighted by atomic mass is 14.7. The van der Waals surface area contributed by atoms with Gasteiger partial charge in [-0.05, 0) is 238 Å². The summed E-state index contributed by atoms with van der Waals surface area (Å²) in [5, 5.41) is 21.1. The van der Waals surface area contributed by atoms with Crippen LogP contribution in [0.2, 0.25) is 0 Å². The van der Waals surface area contributed by atoms with Crippen LogP contribution in [-0.4, -0.2) is 29.9 Å². The fourth-order valence-corrected chi connectivity index (χ4v) is 22.9. The summed E-state index contributed by atoms with van der Waals surface area (Å²) < 4.78 is 0. The van der Waals surface area contributed by atoms with E-state index in [0.29, 0.717) is 0 Å². The van der Waals surface area contributed by atoms with Crippen molar-refractivity contribution in [2.24, 2.45) is 0 Å². The highest BCUT2D eigenvalue weighted by Gasteiger charge is 2.48. The van der Waals surface area contributed by atoms with Crippen molar-refractivity contribution >= 4 is 130 Å². The number of benzene rings is 20. The first-order valence-corrected chi connectivity index (χ1v) is 46.0. The summed E-state index contributed by atoms with van der Waals surface area (Å²) in [5.41, 5.74) is 33.5. The summed E-state index contributed by atoms with van der Waals surface area (Å²) in [6, 6.07) is 164. The van der Waals surface area contributed by atoms with Crippen LogP contribution in [0.1, 0.15) is 44.5 Å². The Hall–Kier alpha value is -17.6. The summed E-state index contributed by atoms with van der Waals surface area (Å²) in [4.78, 5) is 30.0. The minimum Gasteiger partial charge on any atom is -0.254 e. The molecule has 2 aliphatic rings. The van der Waals surface area contributed by atoms with Gasteiger partial charge in [-0.1, -0.05) is 376 Å². The third-order valence-corrected chi connectivity index (χ3v) is 28.8. The molecule has 6 nitrogen and oxygen atoms in total. The molecular formula is C128H78N6. The number of rotatable bonds is 10. The molecule has 28 rings (SSSR count). The van der Waals surface area contributed by atoms with E-state index in [1.807, 2.05) is 36.9 Å². The lowest BCUT2D eigenvalue weighted by atomic mass is 9.67. The predicted molar refractivity (Wildman–Crippen MR) is 557 cm³/mol. The zero-order chi connectivity index (χ0) is 88.1. The van der Waals surface area contributed by atoms with Crippen LogP contribution in [0.25, 0.3) is 219 Å². The fourth-order valence-electron chi connectivity index (χ4n) is 22.9. The van der Waals surface area contributed by atoms with Crippen molar-refractivity contribution in [2.45, 2.75) is 10.8 Å². The first kappa shape index (κ1) is 76.5. The number of hydrogen-bond acceptors (Lipinski definition) is 6. The molecule has 6 aromatic heterocycles. The third kappa shape index (κ3) is 11.7. The van der Waals surface area contributed by atoms with Gasteiger partial charge in [-0.15, -0.1) is 0 Å². The molecular weight excluding hydrogens is 1620 g/mol. The van der Waals surface area contributed by atoms with Crippen molar-refractivity contribution in [3.63, 3.8) is 0 Å². The van der Waals surface area contributed by atoms with E-state index in [0.717, 1.165) is 121 Å². The maximum absolute atomic E-state index is 5.49. The Bertz CT molecular complexity index is 9230. The van der Waals surface area contributed by atoms with Gasteiger partial charge in [0.1, 0.15) is 0 Å². The minimum atomic E-state index is -0.494. The summed E-state index contributed by atoms with van der Waals surface area (Å²) in [7, 11) is 0. The SMILES string of the molecule is c1ccc(C2(c3ccccc3)c3ccccc3-c3cc4c(-c5ccc(-c6c7ccccc7c(-c7ccnc8c7ccc7cccnc78)c7ccccc67)cc5)nc5ccccc5c4cc32)cc1.c1ccc(C2(c3ccccc3)c3ccccc3-c3cc4c(-c5ccc(-c6ccc7ccc8cc(-c9ccnc%10c9ccc9cccnc9%10)ccc8c7c6)cc5)nc5ccccc5c4cc32)cc1. The second-order valence-electron chi connectivity index (χ2n) is 35.6. The first-order valence-electron chi connectivity index (χ1n) is 46.0. The van der Waals surface area contributed by atoms with Gasteiger partial charge in [-0.25, -0.2) is 9.97 Å². The highest BCUT2D eigenvalue weighted by molar-refractivity contribution is 6.25. The highest BCUT2D eigenvalue weighted by Crippen LogP contribution is 2.61. The number of fused-ring (bicyclic) bond motifs is 23. The molecule has 6 heterocycles. The average Bonchev–Trinajstić information content (AvgIpc) is 1.53. The van der Waals surface area contributed by atoms with Crippen molar-refractivity contribution in [2.75, 3.05) is 0 Å². The summed E-state index contributed by atoms with van der Waals surface area (Å²) >= 11 is 0. The van der Waals surface area contributed by atoms with Gasteiger partial charge in [0.15, 0.2) is 0 Å². The molecule has 6 heteroatoms. The molecule has 0 bridgehead atoms. The zero-order valence-electron chi connectivity index (χ0n) is 72.7. The van der Waals surface area contributed by atoms with Crippen molar-refractivity contribution in [3.8, 4) is 89.3 Å². The second-order valence-corrected chi connectivity index (χ2v) is 35.6. The Morgan fingerprint density at radius 3 is 1.03 bits per heavy atom. The largest absolute Gasteiger partial charge is 0.254 e. The lowest BCUT2D eigenvalue weighted by Crippen LogP contribution is -2.28. The van der Waals surface area contributed by atoms with Gasteiger partial charge in [-0.3, -0.25) is 19.9 Å². The number of hydrogen-bond donors (Lipinski definition) is 0. The molecule has 0 N–H and O–H groups in total. The Morgan fingerprint density at radius 1 is 0.157 bits per heavy atom. The van der Waals surface area contributed by atoms with E-state index in [9.17, 15) is 0 Å². The number of para-hydroxylation sites is 2. The number of aromatic nitrogens is 6. The monoisotopic (exact) mass is 1700 g/mol. The Balaban J connectivity index is 0.000000136. The molecule has 0 unspecified atom stereocenters. The minimum absolute atomic E-state index is 0.482. The van der Waals surface area contributed by atoms with E-state index < -0.39 is 10.8 Å². The molecule has 0 fully saturated rings. The van der Waals surface area contributed by atoms with Crippen LogP contribution in [0.15, 0.2) is 474 Å². The van der Waals surface area contributed by atoms with Gasteiger partial charge < -0.3 is 0 Å². The summed E-state index contributed by atoms with van der Waals surface area (Å²) in [6.45, 7) is 0. The number of nitrogens with zero attached hydrogens (tertiary/aromatic N) is 6. The zero-order valence-corrected chi connectivity index (χ0v) is 72.7. The molecule has 0 aliphatic heterocycles. The van der Waals surface area contributed by atoms with Crippen LogP contribution < -0.4 is 0 Å². The molecule has 0 saturated carbocycles. The van der Waals surface area contributed by atoms with Gasteiger partial charge in [0.2, 0.25) is 0 Å². The van der Waals surface area contributed by atoms with Gasteiger partial charge in [-0.2, -0.15) is 0 Å². The van der Waals surface area contributed by atoms with Crippen LogP contribution >= 0.6 is 0 Å². The molecule has 20 aromatic carbocycles. The van der Waals surface area contributed by atoms with Crippen LogP contribution in [0.4, 0.5) is 0 Å². The molecule has 0 atom stereocenters. The van der Waals surface area contributed by atoms with Crippen LogP contribution in [0.5, 0.6) is 0 Å². The van der Waals surface area contributed by atoms with Gasteiger partial charge >= 0.3 is 0 Å². The number of pyridine rings is 6. The predicted octanol–water partition coefficient (Wildman–Crippen LogP) is 32.3. The smallest absolute Gasteiger partial charge is 0.0970 e. The standard InChI is InChI=1S/2C64H39N3/c1-3-17-43(18-4-1)64(44-19-5-2-6-20-44)56-27-13-11-21-45(56)54-38-55-53(39-57(54)64)46-22-12-14-28-58(46)67-61(55)42-31-29-40(30-32-42)59-47-23-7-9-25-49(47)60(50-26-10-8-24-48(50)59)51-35-37-66-63-52(51)34-33-41-16-15-36-65-62(41)63;1-3-13-47(14-4-1)64(48-15-5-2-6-16-48)58-19-9-7-17-51(58)56-38-57-55(39-59(56)64)52-18-8-10-20-60(52)67-61(57)43-25-21-40(22-26-43)44-27-23-41-24-28-45-36-46(30-31-49(45)54(41)37-44)50-33-35-66-63-53(50)32-29-42-12-11-34-65-62(42)63/h2*1-39H. The molecule has 0 spiro atoms. The molecule has 0 amide bonds. The summed E-state index contributed by atoms with van der Waals surface area (Å²) in [6.07, 6.45) is 7.53. The van der Waals surface area contributed by atoms with E-state index in [4.69, 9.17) is 24.9 Å². The van der Waals surface area contributed by atoms with Gasteiger partial charge in [0.05, 0.1) is 55.3 Å². The van der Waals surface area contributed by atoms with Crippen molar-refractivity contribution < 1.29 is 0 Å². The maximum Gasteiger partial charge on any atom is 0.0970 e. The van der Waals surface area contributed by atoms with Crippen LogP contribution in [0, 0.1) is 0 Å². The topological polar surface area (TPSA) is 77.3 Å². The Labute approximate surface area is 772 Å². The quantitative estimate of drug-likeness (QED) is 0.100. The van der Waals surface area contributed by atoms with E-state index in [1.165, 1.54) is 143 Å². The van der Waals surface area contributed by atoms with Gasteiger partial charge in [0.25, 0.3) is 0 Å². The first-order chi connectivity index (χ1) is 66.5. The van der Waals surface area contributed by atoms with Crippen molar-refractivity contribution in [1.29, 1.82) is 0 Å². The molecule has 2 aliphatic carbocycles. The molecule has 134 heavy (non-hydrogen) atoms. The molecule has 26 aromatic rings. The van der Waals surface area contributed by atoms with Gasteiger partial charge in [0, 0.05) is 79.0 Å². The van der Waals surface area contributed by atoms with Crippen molar-refractivity contribution in [3.05, 3.63) is 518 Å². The van der Waals surface area contributed by atoms with E-state index in [-0.39, 0.29) is 0 Å².